The van der Waals surface area contributed by atoms with Gasteiger partial charge in [-0.05, 0) is 6.08 Å². The number of amidine groups is 1. The molecule has 0 saturated carbocycles. The molecule has 0 fully saturated rings. The lowest BCUT2D eigenvalue weighted by molar-refractivity contribution is -0.498. The minimum atomic E-state index is -0.778. The molecular weight excluding hydrogens is 158 g/mol. The summed E-state index contributed by atoms with van der Waals surface area (Å²) in [4.78, 5) is 17.9. The van der Waals surface area contributed by atoms with Crippen LogP contribution in [0.2, 0.25) is 0 Å². The number of nitrogens with zero attached hydrogens (tertiary/aromatic N) is 3. The van der Waals surface area contributed by atoms with E-state index in [4.69, 9.17) is 0 Å². The molecule has 0 amide bonds. The van der Waals surface area contributed by atoms with Gasteiger partial charge in [0, 0.05) is 23.4 Å². The Balaban J connectivity index is 2.39. The lowest BCUT2D eigenvalue weighted by atomic mass is 10.1. The zero-order valence-corrected chi connectivity index (χ0v) is 6.04. The summed E-state index contributed by atoms with van der Waals surface area (Å²) in [6.45, 7) is 0. The highest BCUT2D eigenvalue weighted by atomic mass is 16.6. The Labute approximate surface area is 68.0 Å². The fraction of sp³-hybridized carbons (Fsp3) is 0.143. The molecule has 0 aliphatic carbocycles. The van der Waals surface area contributed by atoms with Crippen molar-refractivity contribution < 1.29 is 4.92 Å². The molecule has 0 aromatic heterocycles. The van der Waals surface area contributed by atoms with Crippen molar-refractivity contribution in [3.05, 3.63) is 34.0 Å². The van der Waals surface area contributed by atoms with Crippen LogP contribution < -0.4 is 0 Å². The van der Waals surface area contributed by atoms with Crippen molar-refractivity contribution in [2.75, 3.05) is 0 Å². The number of nitro groups is 1. The zero-order valence-electron chi connectivity index (χ0n) is 6.04. The highest BCUT2D eigenvalue weighted by molar-refractivity contribution is 6.12. The summed E-state index contributed by atoms with van der Waals surface area (Å²) in [7, 11) is 0. The normalized spacial score (nSPS) is 24.8. The summed E-state index contributed by atoms with van der Waals surface area (Å²) in [5.74, 6) is 0.458. The molecule has 0 aromatic rings. The third kappa shape index (κ3) is 0.868. The SMILES string of the molecule is O=[N+]([O-])[C@H]1C=CN=C2N=CC=C21. The monoisotopic (exact) mass is 163 g/mol. The molecule has 1 atom stereocenters. The third-order valence-corrected chi connectivity index (χ3v) is 1.72. The molecular formula is C7H5N3O2. The second kappa shape index (κ2) is 2.37. The van der Waals surface area contributed by atoms with Gasteiger partial charge in [0.05, 0.1) is 5.57 Å². The molecule has 0 bridgehead atoms. The van der Waals surface area contributed by atoms with Crippen LogP contribution in [0, 0.1) is 10.1 Å². The summed E-state index contributed by atoms with van der Waals surface area (Å²) in [6.07, 6.45) is 6.01. The third-order valence-electron chi connectivity index (χ3n) is 1.72. The van der Waals surface area contributed by atoms with Gasteiger partial charge in [0.1, 0.15) is 0 Å². The molecule has 2 heterocycles. The minimum Gasteiger partial charge on any atom is -0.264 e. The van der Waals surface area contributed by atoms with Crippen LogP contribution in [0.25, 0.3) is 0 Å². The first kappa shape index (κ1) is 6.90. The first-order valence-electron chi connectivity index (χ1n) is 3.41. The molecule has 5 nitrogen and oxygen atoms in total. The molecule has 0 N–H and O–H groups in total. The maximum atomic E-state index is 10.5. The molecule has 5 heteroatoms. The summed E-state index contributed by atoms with van der Waals surface area (Å²) in [5, 5.41) is 10.5. The van der Waals surface area contributed by atoms with Gasteiger partial charge in [0.15, 0.2) is 5.84 Å². The Morgan fingerprint density at radius 3 is 3.17 bits per heavy atom. The van der Waals surface area contributed by atoms with Crippen LogP contribution in [0.5, 0.6) is 0 Å². The number of aliphatic imine (C=N–C) groups is 2. The van der Waals surface area contributed by atoms with Crippen molar-refractivity contribution in [1.29, 1.82) is 0 Å². The maximum Gasteiger partial charge on any atom is 0.261 e. The first-order valence-corrected chi connectivity index (χ1v) is 3.41. The molecule has 0 unspecified atom stereocenters. The fourth-order valence-corrected chi connectivity index (χ4v) is 1.16. The Bertz CT molecular complexity index is 352. The van der Waals surface area contributed by atoms with Crippen LogP contribution in [0.3, 0.4) is 0 Å². The average Bonchev–Trinajstić information content (AvgIpc) is 2.49. The second-order valence-corrected chi connectivity index (χ2v) is 2.42. The van der Waals surface area contributed by atoms with Gasteiger partial charge in [-0.15, -0.1) is 0 Å². The van der Waals surface area contributed by atoms with E-state index < -0.39 is 6.04 Å². The Hall–Kier alpha value is -1.78. The van der Waals surface area contributed by atoms with E-state index in [9.17, 15) is 10.1 Å². The van der Waals surface area contributed by atoms with E-state index in [0.717, 1.165) is 0 Å². The number of allylic oxidation sites excluding steroid dienone is 1. The van der Waals surface area contributed by atoms with E-state index in [0.29, 0.717) is 11.4 Å². The van der Waals surface area contributed by atoms with E-state index in [2.05, 4.69) is 9.98 Å². The minimum absolute atomic E-state index is 0.355. The van der Waals surface area contributed by atoms with Gasteiger partial charge in [-0.25, -0.2) is 9.98 Å². The molecule has 0 spiro atoms. The predicted octanol–water partition coefficient (Wildman–Crippen LogP) is 0.568. The van der Waals surface area contributed by atoms with Crippen molar-refractivity contribution in [3.8, 4) is 0 Å². The van der Waals surface area contributed by atoms with Gasteiger partial charge in [-0.2, -0.15) is 0 Å². The number of rotatable bonds is 1. The Kier molecular flexibility index (Phi) is 1.36. The molecule has 12 heavy (non-hydrogen) atoms. The maximum absolute atomic E-state index is 10.5. The number of hydrogen-bond donors (Lipinski definition) is 0. The predicted molar refractivity (Wildman–Crippen MR) is 43.9 cm³/mol. The molecule has 60 valence electrons. The van der Waals surface area contributed by atoms with Crippen LogP contribution in [-0.4, -0.2) is 23.0 Å². The van der Waals surface area contributed by atoms with Crippen molar-refractivity contribution >= 4 is 12.1 Å². The quantitative estimate of drug-likeness (QED) is 0.418. The molecule has 0 radical (unpaired) electrons. The molecule has 0 saturated heterocycles. The van der Waals surface area contributed by atoms with Crippen LogP contribution >= 0.6 is 0 Å². The van der Waals surface area contributed by atoms with E-state index in [1.54, 1.807) is 6.08 Å². The van der Waals surface area contributed by atoms with Crippen LogP contribution in [0.1, 0.15) is 0 Å². The highest BCUT2D eigenvalue weighted by Crippen LogP contribution is 2.18. The molecule has 0 aromatic carbocycles. The van der Waals surface area contributed by atoms with Crippen molar-refractivity contribution in [2.24, 2.45) is 9.98 Å². The van der Waals surface area contributed by atoms with Gasteiger partial charge in [0.2, 0.25) is 0 Å². The first-order chi connectivity index (χ1) is 5.79. The summed E-state index contributed by atoms with van der Waals surface area (Å²) < 4.78 is 0. The van der Waals surface area contributed by atoms with E-state index in [1.165, 1.54) is 18.5 Å². The Morgan fingerprint density at radius 2 is 2.42 bits per heavy atom. The number of hydrogen-bond acceptors (Lipinski definition) is 4. The molecule has 2 rings (SSSR count). The van der Waals surface area contributed by atoms with Gasteiger partial charge < -0.3 is 0 Å². The van der Waals surface area contributed by atoms with Crippen molar-refractivity contribution in [1.82, 2.24) is 0 Å². The van der Waals surface area contributed by atoms with Gasteiger partial charge >= 0.3 is 0 Å². The van der Waals surface area contributed by atoms with Crippen LogP contribution in [0.4, 0.5) is 0 Å². The van der Waals surface area contributed by atoms with Gasteiger partial charge in [-0.1, -0.05) is 0 Å². The lowest BCUT2D eigenvalue weighted by Crippen LogP contribution is -2.24. The van der Waals surface area contributed by atoms with E-state index in [1.807, 2.05) is 0 Å². The van der Waals surface area contributed by atoms with Crippen LogP contribution in [0.15, 0.2) is 33.9 Å². The van der Waals surface area contributed by atoms with Gasteiger partial charge in [-0.3, -0.25) is 10.1 Å². The average molecular weight is 163 g/mol. The zero-order chi connectivity index (χ0) is 8.55. The van der Waals surface area contributed by atoms with Crippen LogP contribution in [-0.2, 0) is 0 Å². The lowest BCUT2D eigenvalue weighted by Gasteiger charge is -2.08. The van der Waals surface area contributed by atoms with E-state index >= 15 is 0 Å². The smallest absolute Gasteiger partial charge is 0.261 e. The summed E-state index contributed by atoms with van der Waals surface area (Å²) in [6, 6.07) is -0.778. The van der Waals surface area contributed by atoms with Gasteiger partial charge in [0.25, 0.3) is 6.04 Å². The van der Waals surface area contributed by atoms with E-state index in [-0.39, 0.29) is 4.92 Å². The fourth-order valence-electron chi connectivity index (χ4n) is 1.16. The van der Waals surface area contributed by atoms with Crippen molar-refractivity contribution in [3.63, 3.8) is 0 Å². The number of fused-ring (bicyclic) bond motifs is 1. The molecule has 2 aliphatic heterocycles. The second-order valence-electron chi connectivity index (χ2n) is 2.42. The van der Waals surface area contributed by atoms with Crippen molar-refractivity contribution in [2.45, 2.75) is 6.04 Å². The molecule has 2 aliphatic rings. The highest BCUT2D eigenvalue weighted by Gasteiger charge is 2.29. The standard InChI is InChI=1S/C7H5N3O2/c11-10(12)6-2-4-9-7-5(6)1-3-8-7/h1-4,6H/t6-/m0/s1. The Morgan fingerprint density at radius 1 is 1.58 bits per heavy atom. The summed E-state index contributed by atoms with van der Waals surface area (Å²) >= 11 is 0. The topological polar surface area (TPSA) is 67.9 Å². The largest absolute Gasteiger partial charge is 0.264 e. The summed E-state index contributed by atoms with van der Waals surface area (Å²) in [5.41, 5.74) is 0.572.